The van der Waals surface area contributed by atoms with Crippen LogP contribution in [0.25, 0.3) is 0 Å². The first-order chi connectivity index (χ1) is 13.3. The third kappa shape index (κ3) is 5.08. The van der Waals surface area contributed by atoms with Crippen molar-refractivity contribution in [2.24, 2.45) is 5.10 Å². The maximum Gasteiger partial charge on any atom is 0.255 e. The van der Waals surface area contributed by atoms with Gasteiger partial charge in [0.15, 0.2) is 0 Å². The Labute approximate surface area is 164 Å². The summed E-state index contributed by atoms with van der Waals surface area (Å²) in [5, 5.41) is 3.85. The van der Waals surface area contributed by atoms with Gasteiger partial charge >= 0.3 is 0 Å². The topological polar surface area (TPSA) is 97.3 Å². The Morgan fingerprint density at radius 3 is 2.46 bits per heavy atom. The zero-order valence-corrected chi connectivity index (χ0v) is 17.0. The van der Waals surface area contributed by atoms with Crippen LogP contribution in [-0.2, 0) is 14.8 Å². The minimum absolute atomic E-state index is 0.0821. The summed E-state index contributed by atoms with van der Waals surface area (Å²) < 4.78 is 36.6. The number of amides is 1. The van der Waals surface area contributed by atoms with Crippen molar-refractivity contribution in [2.45, 2.75) is 11.8 Å². The summed E-state index contributed by atoms with van der Waals surface area (Å²) in [5.74, 6) is 0.627. The molecule has 0 aliphatic rings. The second-order valence-corrected chi connectivity index (χ2v) is 7.97. The summed E-state index contributed by atoms with van der Waals surface area (Å²) in [6.45, 7) is 1.37. The van der Waals surface area contributed by atoms with E-state index in [-0.39, 0.29) is 11.4 Å². The zero-order valence-electron chi connectivity index (χ0n) is 16.2. The van der Waals surface area contributed by atoms with Gasteiger partial charge in [-0.15, -0.1) is 0 Å². The first-order valence-electron chi connectivity index (χ1n) is 8.35. The molecule has 0 heterocycles. The smallest absolute Gasteiger partial charge is 0.255 e. The van der Waals surface area contributed by atoms with Gasteiger partial charge in [0.2, 0.25) is 10.0 Å². The number of rotatable bonds is 8. The van der Waals surface area contributed by atoms with Crippen molar-refractivity contribution in [3.05, 3.63) is 53.6 Å². The number of aryl methyl sites for hydroxylation is 1. The van der Waals surface area contributed by atoms with Crippen LogP contribution < -0.4 is 14.9 Å². The molecule has 1 N–H and O–H groups in total. The molecule has 0 aliphatic carbocycles. The second-order valence-electron chi connectivity index (χ2n) is 5.93. The maximum atomic E-state index is 12.6. The summed E-state index contributed by atoms with van der Waals surface area (Å²) in [4.78, 5) is 12.1. The quantitative estimate of drug-likeness (QED) is 0.533. The molecule has 0 saturated heterocycles. The van der Waals surface area contributed by atoms with Crippen LogP contribution in [0.5, 0.6) is 11.5 Å². The number of carbonyl (C=O) groups excluding carboxylic acids is 1. The standard InChI is InChI=1S/C19H23N3O5S/c1-14-11-16(9-10-17(14)26-3)28(24,25)22(2)13-19(23)21-20-12-15-7-5-6-8-18(15)27-4/h5-12H,13H2,1-4H3,(H,21,23)/b20-12+. The molecule has 0 fully saturated rings. The Balaban J connectivity index is 2.03. The number of ether oxygens (including phenoxy) is 2. The van der Waals surface area contributed by atoms with E-state index in [0.29, 0.717) is 22.6 Å². The Hall–Kier alpha value is -2.91. The van der Waals surface area contributed by atoms with Crippen LogP contribution in [0.2, 0.25) is 0 Å². The number of hydrogen-bond acceptors (Lipinski definition) is 6. The van der Waals surface area contributed by atoms with Gasteiger partial charge in [-0.1, -0.05) is 12.1 Å². The molecule has 0 unspecified atom stereocenters. The SMILES string of the molecule is COc1ccc(S(=O)(=O)N(C)CC(=O)N/N=C/c2ccccc2OC)cc1C. The van der Waals surface area contributed by atoms with Gasteiger partial charge in [-0.3, -0.25) is 4.79 Å². The van der Waals surface area contributed by atoms with Crippen LogP contribution in [0.3, 0.4) is 0 Å². The van der Waals surface area contributed by atoms with Gasteiger partial charge in [0.25, 0.3) is 5.91 Å². The molecule has 0 aliphatic heterocycles. The van der Waals surface area contributed by atoms with Crippen LogP contribution >= 0.6 is 0 Å². The van der Waals surface area contributed by atoms with E-state index < -0.39 is 15.9 Å². The number of hydrazone groups is 1. The average molecular weight is 405 g/mol. The molecule has 0 bridgehead atoms. The second kappa shape index (κ2) is 9.34. The molecule has 0 atom stereocenters. The molecular weight excluding hydrogens is 382 g/mol. The monoisotopic (exact) mass is 405 g/mol. The number of nitrogens with one attached hydrogen (secondary N) is 1. The first-order valence-corrected chi connectivity index (χ1v) is 9.79. The van der Waals surface area contributed by atoms with E-state index in [1.807, 2.05) is 12.1 Å². The van der Waals surface area contributed by atoms with Crippen molar-refractivity contribution in [2.75, 3.05) is 27.8 Å². The predicted molar refractivity (Wildman–Crippen MR) is 106 cm³/mol. The summed E-state index contributed by atoms with van der Waals surface area (Å²) in [7, 11) is 0.554. The molecule has 0 saturated carbocycles. The number of hydrogen-bond donors (Lipinski definition) is 1. The van der Waals surface area contributed by atoms with E-state index in [9.17, 15) is 13.2 Å². The Bertz CT molecular complexity index is 973. The van der Waals surface area contributed by atoms with Gasteiger partial charge in [-0.2, -0.15) is 9.41 Å². The van der Waals surface area contributed by atoms with Crippen LogP contribution in [0.4, 0.5) is 0 Å². The minimum atomic E-state index is -3.82. The zero-order chi connectivity index (χ0) is 20.7. The molecule has 150 valence electrons. The molecule has 8 nitrogen and oxygen atoms in total. The van der Waals surface area contributed by atoms with E-state index >= 15 is 0 Å². The number of sulfonamides is 1. The molecule has 1 amide bonds. The number of methoxy groups -OCH3 is 2. The largest absolute Gasteiger partial charge is 0.496 e. The van der Waals surface area contributed by atoms with E-state index in [2.05, 4.69) is 10.5 Å². The molecule has 28 heavy (non-hydrogen) atoms. The fraction of sp³-hybridized carbons (Fsp3) is 0.263. The Morgan fingerprint density at radius 2 is 1.82 bits per heavy atom. The molecule has 9 heteroatoms. The van der Waals surface area contributed by atoms with Crippen molar-refractivity contribution in [3.63, 3.8) is 0 Å². The predicted octanol–water partition coefficient (Wildman–Crippen LogP) is 1.78. The summed E-state index contributed by atoms with van der Waals surface area (Å²) in [6, 6.07) is 11.7. The maximum absolute atomic E-state index is 12.6. The highest BCUT2D eigenvalue weighted by Gasteiger charge is 2.23. The average Bonchev–Trinajstić information content (AvgIpc) is 2.68. The van der Waals surface area contributed by atoms with E-state index in [4.69, 9.17) is 9.47 Å². The van der Waals surface area contributed by atoms with Crippen molar-refractivity contribution in [3.8, 4) is 11.5 Å². The molecule has 0 spiro atoms. The van der Waals surface area contributed by atoms with Crippen molar-refractivity contribution >= 4 is 22.1 Å². The Morgan fingerprint density at radius 1 is 1.14 bits per heavy atom. The van der Waals surface area contributed by atoms with Crippen LogP contribution in [0.15, 0.2) is 52.5 Å². The van der Waals surface area contributed by atoms with Gasteiger partial charge in [0.1, 0.15) is 11.5 Å². The third-order valence-electron chi connectivity index (χ3n) is 3.97. The van der Waals surface area contributed by atoms with Crippen molar-refractivity contribution in [1.82, 2.24) is 9.73 Å². The summed E-state index contributed by atoms with van der Waals surface area (Å²) in [6.07, 6.45) is 1.43. The number of benzene rings is 2. The lowest BCUT2D eigenvalue weighted by molar-refractivity contribution is -0.121. The van der Waals surface area contributed by atoms with Gasteiger partial charge in [0, 0.05) is 12.6 Å². The van der Waals surface area contributed by atoms with E-state index in [1.165, 1.54) is 39.6 Å². The van der Waals surface area contributed by atoms with E-state index in [1.54, 1.807) is 25.1 Å². The number of likely N-dealkylation sites (N-methyl/N-ethyl adjacent to an activating group) is 1. The molecule has 0 radical (unpaired) electrons. The molecule has 2 rings (SSSR count). The number of carbonyl (C=O) groups is 1. The molecule has 2 aromatic carbocycles. The third-order valence-corrected chi connectivity index (χ3v) is 5.77. The van der Waals surface area contributed by atoms with Crippen molar-refractivity contribution in [1.29, 1.82) is 0 Å². The van der Waals surface area contributed by atoms with Gasteiger partial charge < -0.3 is 9.47 Å². The highest BCUT2D eigenvalue weighted by Crippen LogP contribution is 2.23. The lowest BCUT2D eigenvalue weighted by Gasteiger charge is -2.17. The first kappa shape index (κ1) is 21.4. The van der Waals surface area contributed by atoms with Crippen LogP contribution in [0, 0.1) is 6.92 Å². The fourth-order valence-corrected chi connectivity index (χ4v) is 3.67. The lowest BCUT2D eigenvalue weighted by Crippen LogP contribution is -2.36. The highest BCUT2D eigenvalue weighted by molar-refractivity contribution is 7.89. The highest BCUT2D eigenvalue weighted by atomic mass is 32.2. The van der Waals surface area contributed by atoms with Gasteiger partial charge in [-0.05, 0) is 42.8 Å². The van der Waals surface area contributed by atoms with Crippen LogP contribution in [-0.4, -0.2) is 52.7 Å². The summed E-state index contributed by atoms with van der Waals surface area (Å²) in [5.41, 5.74) is 3.68. The normalized spacial score (nSPS) is 11.6. The molecular formula is C19H23N3O5S. The number of para-hydroxylation sites is 1. The van der Waals surface area contributed by atoms with Crippen LogP contribution in [0.1, 0.15) is 11.1 Å². The molecule has 0 aromatic heterocycles. The minimum Gasteiger partial charge on any atom is -0.496 e. The molecule has 2 aromatic rings. The Kier molecular flexibility index (Phi) is 7.13. The lowest BCUT2D eigenvalue weighted by atomic mass is 10.2. The number of nitrogens with zero attached hydrogens (tertiary/aromatic N) is 2. The van der Waals surface area contributed by atoms with E-state index in [0.717, 1.165) is 4.31 Å². The summed E-state index contributed by atoms with van der Waals surface area (Å²) >= 11 is 0. The fourth-order valence-electron chi connectivity index (χ4n) is 2.46. The van der Waals surface area contributed by atoms with Gasteiger partial charge in [0.05, 0.1) is 31.9 Å². The van der Waals surface area contributed by atoms with Crippen molar-refractivity contribution < 1.29 is 22.7 Å². The van der Waals surface area contributed by atoms with Gasteiger partial charge in [-0.25, -0.2) is 13.8 Å².